The van der Waals surface area contributed by atoms with E-state index >= 15 is 0 Å². The van der Waals surface area contributed by atoms with Gasteiger partial charge in [0.05, 0.1) is 11.2 Å². The van der Waals surface area contributed by atoms with Crippen LogP contribution in [-0.2, 0) is 9.53 Å². The van der Waals surface area contributed by atoms with Crippen molar-refractivity contribution < 1.29 is 9.53 Å². The fraction of sp³-hybridized carbons (Fsp3) is 0.533. The molecular formula is C15H22N2O2. The fourth-order valence-corrected chi connectivity index (χ4v) is 3.07. The molecule has 1 aromatic rings. The molecule has 1 saturated heterocycles. The van der Waals surface area contributed by atoms with E-state index in [1.54, 1.807) is 0 Å². The molecule has 2 rings (SSSR count). The number of hydrogen-bond donors (Lipinski definition) is 2. The Morgan fingerprint density at radius 2 is 1.79 bits per heavy atom. The maximum absolute atomic E-state index is 12.1. The van der Waals surface area contributed by atoms with E-state index in [1.165, 1.54) is 0 Å². The topological polar surface area (TPSA) is 64.3 Å². The van der Waals surface area contributed by atoms with E-state index in [-0.39, 0.29) is 11.5 Å². The van der Waals surface area contributed by atoms with Crippen LogP contribution in [0.4, 0.5) is 5.69 Å². The summed E-state index contributed by atoms with van der Waals surface area (Å²) in [7, 11) is 0. The minimum atomic E-state index is -0.905. The Kier molecular flexibility index (Phi) is 3.09. The third kappa shape index (κ3) is 2.32. The minimum Gasteiger partial charge on any atom is -0.369 e. The number of nitrogens with two attached hydrogens (primary N) is 1. The first kappa shape index (κ1) is 13.9. The second-order valence-corrected chi connectivity index (χ2v) is 6.31. The molecule has 0 spiro atoms. The van der Waals surface area contributed by atoms with Crippen LogP contribution in [0.2, 0.25) is 0 Å². The van der Waals surface area contributed by atoms with Gasteiger partial charge in [-0.3, -0.25) is 4.79 Å². The van der Waals surface area contributed by atoms with Crippen LogP contribution in [0.3, 0.4) is 0 Å². The van der Waals surface area contributed by atoms with Gasteiger partial charge in [0.1, 0.15) is 5.54 Å². The Labute approximate surface area is 114 Å². The third-order valence-corrected chi connectivity index (χ3v) is 3.80. The standard InChI is InChI=1S/C15H22N2O2/c1-13(2)10-15(12(16)18,14(3,4)19-13)17-11-8-6-5-7-9-11/h5-9,17H,10H2,1-4H3,(H2,16,18). The van der Waals surface area contributed by atoms with Crippen molar-refractivity contribution in [3.05, 3.63) is 30.3 Å². The number of nitrogens with one attached hydrogen (secondary N) is 1. The maximum Gasteiger partial charge on any atom is 0.246 e. The second-order valence-electron chi connectivity index (χ2n) is 6.31. The lowest BCUT2D eigenvalue weighted by Gasteiger charge is -2.38. The monoisotopic (exact) mass is 262 g/mol. The van der Waals surface area contributed by atoms with Gasteiger partial charge in [0, 0.05) is 12.1 Å². The first-order valence-electron chi connectivity index (χ1n) is 6.52. The van der Waals surface area contributed by atoms with E-state index in [4.69, 9.17) is 10.5 Å². The SMILES string of the molecule is CC1(C)CC(Nc2ccccc2)(C(N)=O)C(C)(C)O1. The molecule has 1 fully saturated rings. The Morgan fingerprint density at radius 3 is 2.21 bits per heavy atom. The van der Waals surface area contributed by atoms with Gasteiger partial charge in [-0.2, -0.15) is 0 Å². The van der Waals surface area contributed by atoms with E-state index in [0.717, 1.165) is 5.69 Å². The first-order chi connectivity index (χ1) is 8.69. The van der Waals surface area contributed by atoms with Crippen LogP contribution in [-0.4, -0.2) is 22.6 Å². The average molecular weight is 262 g/mol. The number of carbonyl (C=O) groups excluding carboxylic acids is 1. The summed E-state index contributed by atoms with van der Waals surface area (Å²) in [6, 6.07) is 9.62. The van der Waals surface area contributed by atoms with E-state index in [0.29, 0.717) is 6.42 Å². The Morgan fingerprint density at radius 1 is 1.21 bits per heavy atom. The highest BCUT2D eigenvalue weighted by molar-refractivity contribution is 5.90. The molecule has 4 nitrogen and oxygen atoms in total. The molecule has 1 aromatic carbocycles. The summed E-state index contributed by atoms with van der Waals surface area (Å²) in [5, 5.41) is 3.30. The number of ether oxygens (including phenoxy) is 1. The van der Waals surface area contributed by atoms with Crippen molar-refractivity contribution in [3.8, 4) is 0 Å². The highest BCUT2D eigenvalue weighted by Crippen LogP contribution is 2.46. The quantitative estimate of drug-likeness (QED) is 0.878. The van der Waals surface area contributed by atoms with Gasteiger partial charge in [-0.15, -0.1) is 0 Å². The van der Waals surface area contributed by atoms with Gasteiger partial charge in [-0.05, 0) is 39.8 Å². The van der Waals surface area contributed by atoms with Crippen LogP contribution in [0.5, 0.6) is 0 Å². The van der Waals surface area contributed by atoms with Gasteiger partial charge in [-0.1, -0.05) is 18.2 Å². The fourth-order valence-electron chi connectivity index (χ4n) is 3.07. The van der Waals surface area contributed by atoms with Crippen molar-refractivity contribution in [1.82, 2.24) is 0 Å². The summed E-state index contributed by atoms with van der Waals surface area (Å²) in [4.78, 5) is 12.1. The van der Waals surface area contributed by atoms with E-state index < -0.39 is 11.1 Å². The average Bonchev–Trinajstić information content (AvgIpc) is 2.45. The molecule has 1 aliphatic rings. The lowest BCUT2D eigenvalue weighted by atomic mass is 9.78. The van der Waals surface area contributed by atoms with Gasteiger partial charge in [-0.25, -0.2) is 0 Å². The van der Waals surface area contributed by atoms with Crippen molar-refractivity contribution in [2.24, 2.45) is 5.73 Å². The van der Waals surface area contributed by atoms with Gasteiger partial charge < -0.3 is 15.8 Å². The molecule has 0 bridgehead atoms. The summed E-state index contributed by atoms with van der Waals surface area (Å²) >= 11 is 0. The molecule has 104 valence electrons. The summed E-state index contributed by atoms with van der Waals surface area (Å²) < 4.78 is 6.02. The molecule has 1 amide bonds. The van der Waals surface area contributed by atoms with Crippen LogP contribution in [0, 0.1) is 0 Å². The number of benzene rings is 1. The molecule has 1 unspecified atom stereocenters. The molecule has 1 atom stereocenters. The number of primary amides is 1. The number of anilines is 1. The zero-order valence-corrected chi connectivity index (χ0v) is 12.0. The smallest absolute Gasteiger partial charge is 0.246 e. The van der Waals surface area contributed by atoms with Crippen LogP contribution in [0.15, 0.2) is 30.3 Å². The van der Waals surface area contributed by atoms with Crippen LogP contribution < -0.4 is 11.1 Å². The Bertz CT molecular complexity index is 482. The molecule has 0 aliphatic carbocycles. The highest BCUT2D eigenvalue weighted by atomic mass is 16.5. The van der Waals surface area contributed by atoms with Gasteiger partial charge in [0.25, 0.3) is 0 Å². The number of para-hydroxylation sites is 1. The van der Waals surface area contributed by atoms with Crippen molar-refractivity contribution in [3.63, 3.8) is 0 Å². The second kappa shape index (κ2) is 4.23. The molecular weight excluding hydrogens is 240 g/mol. The van der Waals surface area contributed by atoms with Gasteiger partial charge in [0.15, 0.2) is 0 Å². The van der Waals surface area contributed by atoms with Gasteiger partial charge >= 0.3 is 0 Å². The van der Waals surface area contributed by atoms with E-state index in [1.807, 2.05) is 58.0 Å². The van der Waals surface area contributed by atoms with Crippen LogP contribution >= 0.6 is 0 Å². The first-order valence-corrected chi connectivity index (χ1v) is 6.52. The van der Waals surface area contributed by atoms with E-state index in [9.17, 15) is 4.79 Å². The molecule has 4 heteroatoms. The zero-order chi connectivity index (χ0) is 14.3. The normalized spacial score (nSPS) is 28.0. The Balaban J connectivity index is 2.42. The highest BCUT2D eigenvalue weighted by Gasteiger charge is 2.61. The van der Waals surface area contributed by atoms with Crippen LogP contribution in [0.25, 0.3) is 0 Å². The predicted octanol–water partition coefficient (Wildman–Crippen LogP) is 2.30. The number of carbonyl (C=O) groups is 1. The lowest BCUT2D eigenvalue weighted by Crippen LogP contribution is -2.61. The van der Waals surface area contributed by atoms with Crippen molar-refractivity contribution >= 4 is 11.6 Å². The lowest BCUT2D eigenvalue weighted by molar-refractivity contribution is -0.129. The molecule has 0 saturated carbocycles. The summed E-state index contributed by atoms with van der Waals surface area (Å²) in [6.07, 6.45) is 0.539. The maximum atomic E-state index is 12.1. The number of rotatable bonds is 3. The third-order valence-electron chi connectivity index (χ3n) is 3.80. The van der Waals surface area contributed by atoms with Crippen LogP contribution in [0.1, 0.15) is 34.1 Å². The minimum absolute atomic E-state index is 0.382. The predicted molar refractivity (Wildman–Crippen MR) is 75.9 cm³/mol. The molecule has 0 radical (unpaired) electrons. The summed E-state index contributed by atoms with van der Waals surface area (Å²) in [6.45, 7) is 7.77. The number of amides is 1. The van der Waals surface area contributed by atoms with Crippen molar-refractivity contribution in [2.75, 3.05) is 5.32 Å². The molecule has 1 aliphatic heterocycles. The molecule has 1 heterocycles. The summed E-state index contributed by atoms with van der Waals surface area (Å²) in [5.74, 6) is -0.382. The van der Waals surface area contributed by atoms with Crippen molar-refractivity contribution in [1.29, 1.82) is 0 Å². The van der Waals surface area contributed by atoms with E-state index in [2.05, 4.69) is 5.32 Å². The largest absolute Gasteiger partial charge is 0.369 e. The Hall–Kier alpha value is -1.55. The van der Waals surface area contributed by atoms with Gasteiger partial charge in [0.2, 0.25) is 5.91 Å². The molecule has 3 N–H and O–H groups in total. The molecule has 19 heavy (non-hydrogen) atoms. The van der Waals surface area contributed by atoms with Crippen molar-refractivity contribution in [2.45, 2.75) is 50.9 Å². The zero-order valence-electron chi connectivity index (χ0n) is 12.0. The molecule has 0 aromatic heterocycles. The number of hydrogen-bond acceptors (Lipinski definition) is 3. The summed E-state index contributed by atoms with van der Waals surface area (Å²) in [5.41, 5.74) is 4.60.